The fourth-order valence-corrected chi connectivity index (χ4v) is 1.38. The van der Waals surface area contributed by atoms with Crippen LogP contribution in [0.4, 0.5) is 0 Å². The summed E-state index contributed by atoms with van der Waals surface area (Å²) < 4.78 is 5.58. The maximum atomic E-state index is 5.58. The summed E-state index contributed by atoms with van der Waals surface area (Å²) in [6, 6.07) is 8.20. The van der Waals surface area contributed by atoms with Crippen molar-refractivity contribution in [2.24, 2.45) is 0 Å². The smallest absolute Gasteiger partial charge is 0.119 e. The molecule has 1 N–H and O–H groups in total. The van der Waals surface area contributed by atoms with Crippen LogP contribution in [0.3, 0.4) is 0 Å². The number of hydrogen-bond acceptors (Lipinski definition) is 2. The quantitative estimate of drug-likeness (QED) is 0.711. The second kappa shape index (κ2) is 7.94. The highest BCUT2D eigenvalue weighted by atomic mass is 16.5. The molecule has 16 heavy (non-hydrogen) atoms. The van der Waals surface area contributed by atoms with Crippen LogP contribution in [0.25, 0.3) is 6.08 Å². The molecule has 0 unspecified atom stereocenters. The first-order chi connectivity index (χ1) is 7.86. The monoisotopic (exact) mass is 219 g/mol. The summed E-state index contributed by atoms with van der Waals surface area (Å²) >= 11 is 0. The van der Waals surface area contributed by atoms with Gasteiger partial charge in [-0.3, -0.25) is 0 Å². The van der Waals surface area contributed by atoms with Crippen molar-refractivity contribution < 1.29 is 4.74 Å². The number of rotatable bonds is 7. The Kier molecular flexibility index (Phi) is 6.35. The first-order valence-corrected chi connectivity index (χ1v) is 5.91. The van der Waals surface area contributed by atoms with Gasteiger partial charge in [-0.1, -0.05) is 31.2 Å². The van der Waals surface area contributed by atoms with Crippen molar-refractivity contribution in [2.45, 2.75) is 19.8 Å². The van der Waals surface area contributed by atoms with Gasteiger partial charge >= 0.3 is 0 Å². The van der Waals surface area contributed by atoms with E-state index in [0.717, 1.165) is 31.7 Å². The maximum absolute atomic E-state index is 5.58. The van der Waals surface area contributed by atoms with Crippen molar-refractivity contribution in [1.82, 2.24) is 5.32 Å². The van der Waals surface area contributed by atoms with Crippen LogP contribution in [0, 0.1) is 0 Å². The maximum Gasteiger partial charge on any atom is 0.119 e. The van der Waals surface area contributed by atoms with Gasteiger partial charge in [-0.2, -0.15) is 0 Å². The van der Waals surface area contributed by atoms with Gasteiger partial charge in [-0.15, -0.1) is 0 Å². The number of nitrogens with one attached hydrogen (secondary N) is 1. The van der Waals surface area contributed by atoms with E-state index in [2.05, 4.69) is 36.5 Å². The van der Waals surface area contributed by atoms with Crippen molar-refractivity contribution >= 4 is 6.08 Å². The highest BCUT2D eigenvalue weighted by molar-refractivity contribution is 5.51. The molecule has 1 aromatic carbocycles. The third-order valence-corrected chi connectivity index (χ3v) is 2.20. The molecule has 0 atom stereocenters. The molecule has 1 aromatic rings. The number of benzene rings is 1. The van der Waals surface area contributed by atoms with Crippen LogP contribution in [0.2, 0.25) is 0 Å². The molecule has 1 rings (SSSR count). The highest BCUT2D eigenvalue weighted by Gasteiger charge is 1.93. The minimum Gasteiger partial charge on any atom is -0.494 e. The van der Waals surface area contributed by atoms with E-state index in [1.54, 1.807) is 0 Å². The van der Waals surface area contributed by atoms with Crippen LogP contribution in [0.5, 0.6) is 5.75 Å². The minimum atomic E-state index is 0.785. The van der Waals surface area contributed by atoms with Crippen molar-refractivity contribution in [3.8, 4) is 5.75 Å². The van der Waals surface area contributed by atoms with Crippen LogP contribution in [0.15, 0.2) is 30.3 Å². The van der Waals surface area contributed by atoms with E-state index in [4.69, 9.17) is 4.74 Å². The van der Waals surface area contributed by atoms with E-state index in [0.29, 0.717) is 0 Å². The Hall–Kier alpha value is -1.28. The highest BCUT2D eigenvalue weighted by Crippen LogP contribution is 2.14. The molecule has 0 fully saturated rings. The van der Waals surface area contributed by atoms with Crippen LogP contribution in [-0.2, 0) is 0 Å². The molecule has 0 aliphatic carbocycles. The molecule has 0 heterocycles. The third-order valence-electron chi connectivity index (χ3n) is 2.20. The molecule has 0 saturated carbocycles. The summed E-state index contributed by atoms with van der Waals surface area (Å²) in [5.41, 5.74) is 1.20. The molecule has 0 spiro atoms. The molecule has 0 aliphatic heterocycles. The fraction of sp³-hybridized carbons (Fsp3) is 0.429. The summed E-state index contributed by atoms with van der Waals surface area (Å²) in [6.45, 7) is 3.91. The normalized spacial score (nSPS) is 10.9. The van der Waals surface area contributed by atoms with E-state index in [-0.39, 0.29) is 0 Å². The van der Waals surface area contributed by atoms with Gasteiger partial charge in [0.15, 0.2) is 0 Å². The second-order valence-electron chi connectivity index (χ2n) is 3.72. The lowest BCUT2D eigenvalue weighted by Crippen LogP contribution is -2.05. The Morgan fingerprint density at radius 3 is 3.00 bits per heavy atom. The van der Waals surface area contributed by atoms with E-state index in [1.165, 1.54) is 5.56 Å². The second-order valence-corrected chi connectivity index (χ2v) is 3.72. The predicted molar refractivity (Wildman–Crippen MR) is 69.8 cm³/mol. The van der Waals surface area contributed by atoms with Gasteiger partial charge in [0.25, 0.3) is 0 Å². The average molecular weight is 219 g/mol. The third kappa shape index (κ3) is 4.99. The van der Waals surface area contributed by atoms with Crippen LogP contribution < -0.4 is 10.1 Å². The molecule has 0 amide bonds. The largest absolute Gasteiger partial charge is 0.494 e. The van der Waals surface area contributed by atoms with Gasteiger partial charge in [-0.25, -0.2) is 0 Å². The zero-order chi connectivity index (χ0) is 11.6. The summed E-state index contributed by atoms with van der Waals surface area (Å²) in [6.07, 6.45) is 6.41. The molecule has 2 nitrogen and oxygen atoms in total. The molecule has 0 saturated heterocycles. The van der Waals surface area contributed by atoms with E-state index >= 15 is 0 Å². The van der Waals surface area contributed by atoms with E-state index < -0.39 is 0 Å². The van der Waals surface area contributed by atoms with Gasteiger partial charge in [-0.05, 0) is 44.1 Å². The lowest BCUT2D eigenvalue weighted by atomic mass is 10.2. The van der Waals surface area contributed by atoms with Crippen LogP contribution >= 0.6 is 0 Å². The first-order valence-electron chi connectivity index (χ1n) is 5.91. The average Bonchev–Trinajstić information content (AvgIpc) is 2.33. The van der Waals surface area contributed by atoms with E-state index in [9.17, 15) is 0 Å². The molecular formula is C14H21NO. The van der Waals surface area contributed by atoms with Crippen LogP contribution in [-0.4, -0.2) is 20.2 Å². The number of hydrogen-bond donors (Lipinski definition) is 1. The predicted octanol–water partition coefficient (Wildman–Crippen LogP) is 3.10. The fourth-order valence-electron chi connectivity index (χ4n) is 1.38. The van der Waals surface area contributed by atoms with Gasteiger partial charge in [0.05, 0.1) is 6.61 Å². The summed E-state index contributed by atoms with van der Waals surface area (Å²) in [7, 11) is 1.97. The van der Waals surface area contributed by atoms with Crippen molar-refractivity contribution in [3.63, 3.8) is 0 Å². The van der Waals surface area contributed by atoms with Crippen molar-refractivity contribution in [3.05, 3.63) is 35.9 Å². The Morgan fingerprint density at radius 1 is 1.38 bits per heavy atom. The Balaban J connectivity index is 2.49. The van der Waals surface area contributed by atoms with Gasteiger partial charge in [0.1, 0.15) is 5.75 Å². The van der Waals surface area contributed by atoms with E-state index in [1.807, 2.05) is 19.2 Å². The molecule has 0 bridgehead atoms. The number of ether oxygens (including phenoxy) is 1. The topological polar surface area (TPSA) is 21.3 Å². The van der Waals surface area contributed by atoms with Crippen molar-refractivity contribution in [1.29, 1.82) is 0 Å². The lowest BCUT2D eigenvalue weighted by molar-refractivity contribution is 0.317. The summed E-state index contributed by atoms with van der Waals surface area (Å²) in [5.74, 6) is 0.956. The van der Waals surface area contributed by atoms with Gasteiger partial charge in [0, 0.05) is 0 Å². The Labute approximate surface area is 98.3 Å². The Bertz CT molecular complexity index is 320. The minimum absolute atomic E-state index is 0.785. The summed E-state index contributed by atoms with van der Waals surface area (Å²) in [5, 5.41) is 3.12. The van der Waals surface area contributed by atoms with Gasteiger partial charge in [0.2, 0.25) is 0 Å². The summed E-state index contributed by atoms with van der Waals surface area (Å²) in [4.78, 5) is 0. The Morgan fingerprint density at radius 2 is 2.25 bits per heavy atom. The SMILES string of the molecule is CCCOc1cccc(C=CCCNC)c1. The van der Waals surface area contributed by atoms with Crippen molar-refractivity contribution in [2.75, 3.05) is 20.2 Å². The molecule has 0 aliphatic rings. The lowest BCUT2D eigenvalue weighted by Gasteiger charge is -2.04. The zero-order valence-corrected chi connectivity index (χ0v) is 10.2. The molecular weight excluding hydrogens is 198 g/mol. The zero-order valence-electron chi connectivity index (χ0n) is 10.2. The first kappa shape index (κ1) is 12.8. The molecule has 0 radical (unpaired) electrons. The molecule has 0 aromatic heterocycles. The van der Waals surface area contributed by atoms with Gasteiger partial charge < -0.3 is 10.1 Å². The molecule has 2 heteroatoms. The molecule has 88 valence electrons. The standard InChI is InChI=1S/C14H21NO/c1-3-11-16-14-9-6-8-13(12-14)7-4-5-10-15-2/h4,6-9,12,15H,3,5,10-11H2,1-2H3. The van der Waals surface area contributed by atoms with Crippen LogP contribution in [0.1, 0.15) is 25.3 Å².